The summed E-state index contributed by atoms with van der Waals surface area (Å²) in [6, 6.07) is -0.319. The maximum atomic E-state index is 12.5. The van der Waals surface area contributed by atoms with E-state index >= 15 is 0 Å². The van der Waals surface area contributed by atoms with Gasteiger partial charge in [-0.25, -0.2) is 0 Å². The van der Waals surface area contributed by atoms with Gasteiger partial charge in [-0.2, -0.15) is 11.8 Å². The molecule has 0 rings (SSSR count). The second-order valence-corrected chi connectivity index (χ2v) is 7.06. The summed E-state index contributed by atoms with van der Waals surface area (Å²) in [5, 5.41) is 5.71. The highest BCUT2D eigenvalue weighted by Gasteiger charge is 2.18. The van der Waals surface area contributed by atoms with Crippen molar-refractivity contribution in [1.29, 1.82) is 0 Å². The Morgan fingerprint density at radius 1 is 1.20 bits per heavy atom. The van der Waals surface area contributed by atoms with Gasteiger partial charge in [0.1, 0.15) is 5.78 Å². The summed E-state index contributed by atoms with van der Waals surface area (Å²) in [6.07, 6.45) is 5.91. The third-order valence-corrected chi connectivity index (χ3v) is 4.50. The Bertz CT molecular complexity index is 415. The van der Waals surface area contributed by atoms with Crippen molar-refractivity contribution in [1.82, 2.24) is 10.6 Å². The van der Waals surface area contributed by atoms with Crippen molar-refractivity contribution in [3.63, 3.8) is 0 Å². The van der Waals surface area contributed by atoms with Crippen LogP contribution in [0.2, 0.25) is 0 Å². The van der Waals surface area contributed by atoms with Crippen LogP contribution in [-0.2, 0) is 9.59 Å². The van der Waals surface area contributed by atoms with E-state index in [1.165, 1.54) is 0 Å². The van der Waals surface area contributed by atoms with Gasteiger partial charge in [-0.05, 0) is 43.6 Å². The Balaban J connectivity index is 4.39. The summed E-state index contributed by atoms with van der Waals surface area (Å²) in [5.74, 6) is 1.58. The van der Waals surface area contributed by atoms with Crippen LogP contribution in [-0.4, -0.2) is 55.5 Å². The Morgan fingerprint density at radius 2 is 1.92 bits per heavy atom. The van der Waals surface area contributed by atoms with E-state index < -0.39 is 0 Å². The first-order chi connectivity index (χ1) is 11.9. The van der Waals surface area contributed by atoms with Gasteiger partial charge in [0.2, 0.25) is 5.91 Å². The summed E-state index contributed by atoms with van der Waals surface area (Å²) >= 11 is 1.82. The summed E-state index contributed by atoms with van der Waals surface area (Å²) in [7, 11) is 0. The van der Waals surface area contributed by atoms with Crippen molar-refractivity contribution in [3.8, 4) is 0 Å². The minimum absolute atomic E-state index is 0.0497. The first-order valence-corrected chi connectivity index (χ1v) is 10.1. The van der Waals surface area contributed by atoms with Crippen LogP contribution < -0.4 is 27.8 Å². The van der Waals surface area contributed by atoms with Gasteiger partial charge in [0.25, 0.3) is 0 Å². The van der Waals surface area contributed by atoms with Crippen molar-refractivity contribution in [2.75, 3.05) is 31.8 Å². The molecule has 0 saturated heterocycles. The molecule has 146 valence electrons. The van der Waals surface area contributed by atoms with Crippen LogP contribution in [0.3, 0.4) is 0 Å². The van der Waals surface area contributed by atoms with E-state index in [-0.39, 0.29) is 36.9 Å². The number of nitrogens with two attached hydrogens (primary N) is 3. The molecule has 0 aliphatic carbocycles. The van der Waals surface area contributed by atoms with Gasteiger partial charge in [-0.1, -0.05) is 6.92 Å². The number of thioether (sulfide) groups is 1. The lowest BCUT2D eigenvalue weighted by molar-refractivity contribution is -0.123. The molecular formula is C16H34N6O2S. The number of aliphatic imine (C=N–C) groups is 1. The lowest BCUT2D eigenvalue weighted by Crippen LogP contribution is -2.45. The van der Waals surface area contributed by atoms with Gasteiger partial charge >= 0.3 is 0 Å². The number of hydrogen-bond donors (Lipinski definition) is 5. The highest BCUT2D eigenvalue weighted by Crippen LogP contribution is 2.15. The molecule has 0 aromatic rings. The van der Waals surface area contributed by atoms with E-state index in [1.807, 2.05) is 11.8 Å². The quantitative estimate of drug-likeness (QED) is 0.115. The van der Waals surface area contributed by atoms with Gasteiger partial charge in [0, 0.05) is 13.0 Å². The zero-order valence-electron chi connectivity index (χ0n) is 15.4. The molecule has 8 nitrogen and oxygen atoms in total. The van der Waals surface area contributed by atoms with Gasteiger partial charge in [-0.15, -0.1) is 0 Å². The van der Waals surface area contributed by atoms with E-state index in [9.17, 15) is 9.59 Å². The SMILES string of the molecule is CSCCC(C)CCC(=O)C(CCCN=C(N)N)NCNC(=O)CN. The third-order valence-electron chi connectivity index (χ3n) is 3.85. The Kier molecular flexibility index (Phi) is 14.2. The number of nitrogens with one attached hydrogen (secondary N) is 2. The van der Waals surface area contributed by atoms with E-state index in [0.717, 1.165) is 18.6 Å². The average Bonchev–Trinajstić information content (AvgIpc) is 2.59. The summed E-state index contributed by atoms with van der Waals surface area (Å²) in [4.78, 5) is 27.6. The van der Waals surface area contributed by atoms with Crippen molar-refractivity contribution in [2.24, 2.45) is 28.1 Å². The Hall–Kier alpha value is -1.32. The summed E-state index contributed by atoms with van der Waals surface area (Å²) in [5.41, 5.74) is 15.9. The number of carbonyl (C=O) groups is 2. The Labute approximate surface area is 155 Å². The molecule has 25 heavy (non-hydrogen) atoms. The molecule has 8 N–H and O–H groups in total. The maximum Gasteiger partial charge on any atom is 0.234 e. The number of nitrogens with zero attached hydrogens (tertiary/aromatic N) is 1. The van der Waals surface area contributed by atoms with E-state index in [0.29, 0.717) is 31.7 Å². The predicted octanol–water partition coefficient (Wildman–Crippen LogP) is -0.231. The molecule has 9 heteroatoms. The Morgan fingerprint density at radius 3 is 2.52 bits per heavy atom. The number of guanidine groups is 1. The molecule has 0 heterocycles. The standard InChI is InChI=1S/C16H34N6O2S/c1-12(7-9-25-2)5-6-14(23)13(4-3-8-20-16(18)19)21-11-22-15(24)10-17/h12-13,21H,3-11,17H2,1-2H3,(H,22,24)(H4,18,19,20). The molecule has 2 unspecified atom stereocenters. The molecule has 2 atom stereocenters. The number of carbonyl (C=O) groups excluding carboxylic acids is 2. The number of hydrogen-bond acceptors (Lipinski definition) is 6. The predicted molar refractivity (Wildman–Crippen MR) is 105 cm³/mol. The van der Waals surface area contributed by atoms with Gasteiger partial charge in [0.15, 0.2) is 5.96 Å². The van der Waals surface area contributed by atoms with Crippen LogP contribution in [0.25, 0.3) is 0 Å². The summed E-state index contributed by atoms with van der Waals surface area (Å²) in [6.45, 7) is 2.80. The van der Waals surface area contributed by atoms with Crippen LogP contribution in [0, 0.1) is 5.92 Å². The molecule has 0 bridgehead atoms. The minimum Gasteiger partial charge on any atom is -0.370 e. The lowest BCUT2D eigenvalue weighted by atomic mass is 9.96. The smallest absolute Gasteiger partial charge is 0.234 e. The van der Waals surface area contributed by atoms with Gasteiger partial charge in [-0.3, -0.25) is 19.9 Å². The van der Waals surface area contributed by atoms with E-state index in [2.05, 4.69) is 28.8 Å². The van der Waals surface area contributed by atoms with Crippen molar-refractivity contribution in [2.45, 2.75) is 45.1 Å². The molecule has 0 aromatic carbocycles. The number of Topliss-reactive ketones (excluding diaryl/α,β-unsaturated/α-hetero) is 1. The second-order valence-electron chi connectivity index (χ2n) is 6.08. The third kappa shape index (κ3) is 13.6. The molecule has 0 fully saturated rings. The largest absolute Gasteiger partial charge is 0.370 e. The topological polar surface area (TPSA) is 149 Å². The lowest BCUT2D eigenvalue weighted by Gasteiger charge is -2.19. The minimum atomic E-state index is -0.319. The van der Waals surface area contributed by atoms with Crippen LogP contribution in [0.5, 0.6) is 0 Å². The zero-order valence-corrected chi connectivity index (χ0v) is 16.2. The molecule has 0 aliphatic rings. The van der Waals surface area contributed by atoms with Crippen LogP contribution in [0.1, 0.15) is 39.0 Å². The summed E-state index contributed by atoms with van der Waals surface area (Å²) < 4.78 is 0. The first-order valence-electron chi connectivity index (χ1n) is 8.67. The van der Waals surface area contributed by atoms with Gasteiger partial charge in [0.05, 0.1) is 19.3 Å². The second kappa shape index (κ2) is 15.0. The number of rotatable bonds is 15. The fourth-order valence-electron chi connectivity index (χ4n) is 2.25. The van der Waals surface area contributed by atoms with Crippen LogP contribution in [0.15, 0.2) is 4.99 Å². The molecule has 0 aromatic heterocycles. The molecule has 0 radical (unpaired) electrons. The molecule has 0 saturated carbocycles. The molecule has 0 spiro atoms. The van der Waals surface area contributed by atoms with Crippen molar-refractivity contribution < 1.29 is 9.59 Å². The van der Waals surface area contributed by atoms with E-state index in [4.69, 9.17) is 17.2 Å². The zero-order chi connectivity index (χ0) is 19.1. The van der Waals surface area contributed by atoms with E-state index in [1.54, 1.807) is 0 Å². The number of ketones is 1. The monoisotopic (exact) mass is 374 g/mol. The van der Waals surface area contributed by atoms with Crippen LogP contribution >= 0.6 is 11.8 Å². The van der Waals surface area contributed by atoms with Crippen molar-refractivity contribution >= 4 is 29.4 Å². The van der Waals surface area contributed by atoms with Gasteiger partial charge < -0.3 is 22.5 Å². The van der Waals surface area contributed by atoms with Crippen molar-refractivity contribution in [3.05, 3.63) is 0 Å². The first kappa shape index (κ1) is 23.7. The average molecular weight is 375 g/mol. The fraction of sp³-hybridized carbons (Fsp3) is 0.812. The molecule has 1 amide bonds. The molecule has 0 aliphatic heterocycles. The maximum absolute atomic E-state index is 12.5. The molecular weight excluding hydrogens is 340 g/mol. The normalized spacial score (nSPS) is 13.1. The van der Waals surface area contributed by atoms with Crippen LogP contribution in [0.4, 0.5) is 0 Å². The highest BCUT2D eigenvalue weighted by atomic mass is 32.2. The highest BCUT2D eigenvalue weighted by molar-refractivity contribution is 7.98. The fourth-order valence-corrected chi connectivity index (χ4v) is 2.89. The number of amides is 1.